The molecule has 0 saturated carbocycles. The van der Waals surface area contributed by atoms with E-state index in [2.05, 4.69) is 264 Å². The first-order valence-electron chi connectivity index (χ1n) is 21.8. The highest BCUT2D eigenvalue weighted by Crippen LogP contribution is 2.43. The zero-order valence-corrected chi connectivity index (χ0v) is 35.6. The summed E-state index contributed by atoms with van der Waals surface area (Å²) in [5.74, 6) is 0. The molecule has 0 amide bonds. The van der Waals surface area contributed by atoms with Crippen LogP contribution in [-0.2, 0) is 0 Å². The minimum absolute atomic E-state index is 1.12. The second-order valence-corrected chi connectivity index (χ2v) is 20.2. The Balaban J connectivity index is 1.23. The predicted octanol–water partition coefficient (Wildman–Crippen LogP) is 12.6. The van der Waals surface area contributed by atoms with Crippen molar-refractivity contribution in [3.8, 4) is 33.6 Å². The highest BCUT2D eigenvalue weighted by Gasteiger charge is 2.43. The van der Waals surface area contributed by atoms with E-state index in [9.17, 15) is 0 Å². The van der Waals surface area contributed by atoms with Gasteiger partial charge in [-0.2, -0.15) is 0 Å². The summed E-state index contributed by atoms with van der Waals surface area (Å²) in [5, 5.41) is 10.5. The van der Waals surface area contributed by atoms with Crippen LogP contribution in [0.4, 0.5) is 0 Å². The third-order valence-electron chi connectivity index (χ3n) is 13.1. The largest absolute Gasteiger partial charge is 0.307 e. The molecule has 0 bridgehead atoms. The molecule has 63 heavy (non-hydrogen) atoms. The van der Waals surface area contributed by atoms with Crippen LogP contribution in [0.1, 0.15) is 0 Å². The SMILES string of the molecule is c1ccc(-c2cccc(-n3c4cccc(-c5ccccc5)c4c4cccc(-n5c6ccccc6c6c([Si](c7ccccc7)(c7ccccc7)c7ccccc7)cccc65)c43)c2)cc1. The molecule has 0 aliphatic heterocycles. The molecule has 10 aromatic carbocycles. The summed E-state index contributed by atoms with van der Waals surface area (Å²) in [6.45, 7) is 0. The van der Waals surface area contributed by atoms with Crippen molar-refractivity contribution in [3.63, 3.8) is 0 Å². The molecule has 0 atom stereocenters. The fourth-order valence-corrected chi connectivity index (χ4v) is 15.5. The van der Waals surface area contributed by atoms with Crippen molar-refractivity contribution in [2.75, 3.05) is 0 Å². The molecule has 12 rings (SSSR count). The molecule has 0 aliphatic carbocycles. The Kier molecular flexibility index (Phi) is 8.87. The summed E-state index contributed by atoms with van der Waals surface area (Å²) < 4.78 is 5.07. The number of para-hydroxylation sites is 2. The monoisotopic (exact) mass is 818 g/mol. The predicted molar refractivity (Wildman–Crippen MR) is 270 cm³/mol. The van der Waals surface area contributed by atoms with E-state index in [1.54, 1.807) is 0 Å². The molecule has 2 aromatic heterocycles. The molecule has 0 unspecified atom stereocenters. The Labute approximate surface area is 368 Å². The molecular formula is C60H42N2Si. The van der Waals surface area contributed by atoms with Crippen LogP contribution in [0.15, 0.2) is 255 Å². The first-order valence-corrected chi connectivity index (χ1v) is 23.8. The third kappa shape index (κ3) is 5.78. The maximum absolute atomic E-state index is 2.91. The zero-order valence-electron chi connectivity index (χ0n) is 34.6. The van der Waals surface area contributed by atoms with Crippen LogP contribution in [-0.4, -0.2) is 17.2 Å². The minimum atomic E-state index is -2.91. The lowest BCUT2D eigenvalue weighted by Crippen LogP contribution is -2.74. The van der Waals surface area contributed by atoms with Gasteiger partial charge in [-0.3, -0.25) is 0 Å². The summed E-state index contributed by atoms with van der Waals surface area (Å²) in [6, 6.07) is 94.3. The molecule has 3 heteroatoms. The molecule has 0 aliphatic rings. The highest BCUT2D eigenvalue weighted by molar-refractivity contribution is 7.20. The Morgan fingerprint density at radius 1 is 0.302 bits per heavy atom. The number of benzene rings is 10. The lowest BCUT2D eigenvalue weighted by Gasteiger charge is -2.35. The van der Waals surface area contributed by atoms with E-state index in [0.717, 1.165) is 11.4 Å². The van der Waals surface area contributed by atoms with Crippen LogP contribution >= 0.6 is 0 Å². The maximum atomic E-state index is 2.55. The van der Waals surface area contributed by atoms with E-state index < -0.39 is 8.07 Å². The van der Waals surface area contributed by atoms with Gasteiger partial charge in [0, 0.05) is 27.2 Å². The van der Waals surface area contributed by atoms with Gasteiger partial charge in [-0.1, -0.05) is 218 Å². The van der Waals surface area contributed by atoms with E-state index >= 15 is 0 Å². The van der Waals surface area contributed by atoms with Gasteiger partial charge >= 0.3 is 0 Å². The fraction of sp³-hybridized carbons (Fsp3) is 0. The van der Waals surface area contributed by atoms with Gasteiger partial charge in [-0.05, 0) is 79.4 Å². The van der Waals surface area contributed by atoms with Gasteiger partial charge in [0.05, 0.1) is 27.8 Å². The lowest BCUT2D eigenvalue weighted by molar-refractivity contribution is 1.13. The summed E-state index contributed by atoms with van der Waals surface area (Å²) in [5.41, 5.74) is 11.8. The summed E-state index contributed by atoms with van der Waals surface area (Å²) in [6.07, 6.45) is 0. The number of rotatable bonds is 8. The molecule has 0 radical (unpaired) electrons. The minimum Gasteiger partial charge on any atom is -0.307 e. The summed E-state index contributed by atoms with van der Waals surface area (Å²) in [4.78, 5) is 0. The van der Waals surface area contributed by atoms with Gasteiger partial charge in [0.2, 0.25) is 0 Å². The topological polar surface area (TPSA) is 9.86 Å². The van der Waals surface area contributed by atoms with Crippen molar-refractivity contribution in [3.05, 3.63) is 255 Å². The Morgan fingerprint density at radius 2 is 0.778 bits per heavy atom. The average Bonchev–Trinajstić information content (AvgIpc) is 3.90. The first-order chi connectivity index (χ1) is 31.3. The molecule has 0 N–H and O–H groups in total. The Morgan fingerprint density at radius 3 is 1.43 bits per heavy atom. The van der Waals surface area contributed by atoms with Gasteiger partial charge in [0.15, 0.2) is 8.07 Å². The van der Waals surface area contributed by atoms with Gasteiger partial charge < -0.3 is 9.13 Å². The Bertz CT molecular complexity index is 3500. The standard InChI is InChI=1S/C60H42N2Si/c1-6-22-43(23-7-1)45-26-18-27-46(42-45)61-54-38-19-35-50(44-24-8-2-9-25-44)58(54)52-36-20-40-56(60(52)61)62-53-37-17-16-34-51(53)59-55(62)39-21-41-57(59)63(47-28-10-3-11-29-47,48-30-12-4-13-31-48)49-32-14-5-15-33-49/h1-42H. The van der Waals surface area contributed by atoms with Crippen molar-refractivity contribution in [2.24, 2.45) is 0 Å². The van der Waals surface area contributed by atoms with Crippen LogP contribution in [0, 0.1) is 0 Å². The molecule has 2 heterocycles. The number of nitrogens with zero attached hydrogens (tertiary/aromatic N) is 2. The smallest absolute Gasteiger partial charge is 0.180 e. The van der Waals surface area contributed by atoms with E-state index in [4.69, 9.17) is 0 Å². The molecule has 0 saturated heterocycles. The molecule has 0 spiro atoms. The second kappa shape index (κ2) is 15.2. The third-order valence-corrected chi connectivity index (χ3v) is 17.9. The van der Waals surface area contributed by atoms with Crippen molar-refractivity contribution in [1.29, 1.82) is 0 Å². The normalized spacial score (nSPS) is 11.8. The van der Waals surface area contributed by atoms with Crippen molar-refractivity contribution < 1.29 is 0 Å². The van der Waals surface area contributed by atoms with Gasteiger partial charge in [0.25, 0.3) is 0 Å². The van der Waals surface area contributed by atoms with Gasteiger partial charge in [0.1, 0.15) is 0 Å². The van der Waals surface area contributed by atoms with E-state index in [0.29, 0.717) is 0 Å². The number of fused-ring (bicyclic) bond motifs is 6. The number of aromatic nitrogens is 2. The van der Waals surface area contributed by atoms with Gasteiger partial charge in [-0.25, -0.2) is 0 Å². The molecular weight excluding hydrogens is 777 g/mol. The van der Waals surface area contributed by atoms with Crippen LogP contribution in [0.2, 0.25) is 0 Å². The molecule has 2 nitrogen and oxygen atoms in total. The molecule has 0 fully saturated rings. The lowest BCUT2D eigenvalue weighted by atomic mass is 9.99. The highest BCUT2D eigenvalue weighted by atomic mass is 28.3. The van der Waals surface area contributed by atoms with Crippen molar-refractivity contribution >= 4 is 72.4 Å². The Hall–Kier alpha value is -7.98. The first kappa shape index (κ1) is 36.8. The second-order valence-electron chi connectivity index (χ2n) is 16.4. The quantitative estimate of drug-likeness (QED) is 0.107. The summed E-state index contributed by atoms with van der Waals surface area (Å²) in [7, 11) is -2.91. The van der Waals surface area contributed by atoms with Crippen molar-refractivity contribution in [2.45, 2.75) is 0 Å². The zero-order chi connectivity index (χ0) is 41.7. The summed E-state index contributed by atoms with van der Waals surface area (Å²) >= 11 is 0. The molecule has 296 valence electrons. The van der Waals surface area contributed by atoms with Crippen LogP contribution in [0.5, 0.6) is 0 Å². The van der Waals surface area contributed by atoms with E-state index in [1.165, 1.54) is 86.6 Å². The fourth-order valence-electron chi connectivity index (χ4n) is 10.5. The van der Waals surface area contributed by atoms with Crippen LogP contribution in [0.25, 0.3) is 77.2 Å². The van der Waals surface area contributed by atoms with Crippen LogP contribution in [0.3, 0.4) is 0 Å². The van der Waals surface area contributed by atoms with E-state index in [1.807, 2.05) is 0 Å². The van der Waals surface area contributed by atoms with E-state index in [-0.39, 0.29) is 0 Å². The average molecular weight is 819 g/mol. The van der Waals surface area contributed by atoms with Crippen molar-refractivity contribution in [1.82, 2.24) is 9.13 Å². The maximum Gasteiger partial charge on any atom is 0.180 e. The number of hydrogen-bond donors (Lipinski definition) is 0. The van der Waals surface area contributed by atoms with Gasteiger partial charge in [-0.15, -0.1) is 0 Å². The molecule has 12 aromatic rings. The number of hydrogen-bond acceptors (Lipinski definition) is 0. The van der Waals surface area contributed by atoms with Crippen LogP contribution < -0.4 is 20.7 Å².